The summed E-state index contributed by atoms with van der Waals surface area (Å²) in [5.74, 6) is 0.822. The van der Waals surface area contributed by atoms with E-state index >= 15 is 0 Å². The fourth-order valence-electron chi connectivity index (χ4n) is 2.85. The summed E-state index contributed by atoms with van der Waals surface area (Å²) in [6.45, 7) is 9.17. The Morgan fingerprint density at radius 1 is 1.35 bits per heavy atom. The molecule has 4 nitrogen and oxygen atoms in total. The van der Waals surface area contributed by atoms with E-state index in [2.05, 4.69) is 13.8 Å². The van der Waals surface area contributed by atoms with Crippen molar-refractivity contribution in [3.8, 4) is 5.75 Å². The summed E-state index contributed by atoms with van der Waals surface area (Å²) >= 11 is 0. The van der Waals surface area contributed by atoms with E-state index in [0.717, 1.165) is 18.8 Å². The molecule has 112 valence electrons. The van der Waals surface area contributed by atoms with Crippen LogP contribution in [0.25, 0.3) is 0 Å². The number of aliphatic hydroxyl groups is 1. The highest BCUT2D eigenvalue weighted by Crippen LogP contribution is 2.12. The number of nitrogens with one attached hydrogen (secondary N) is 1. The Labute approximate surface area is 121 Å². The molecular weight excluding hydrogens is 254 g/mol. The number of ether oxygens (including phenoxy) is 2. The predicted molar refractivity (Wildman–Crippen MR) is 78.3 cm³/mol. The molecule has 1 fully saturated rings. The number of benzene rings is 1. The molecule has 1 aliphatic heterocycles. The van der Waals surface area contributed by atoms with Crippen molar-refractivity contribution < 1.29 is 19.5 Å². The van der Waals surface area contributed by atoms with Gasteiger partial charge >= 0.3 is 0 Å². The highest BCUT2D eigenvalue weighted by molar-refractivity contribution is 5.27. The fourth-order valence-corrected chi connectivity index (χ4v) is 2.85. The van der Waals surface area contributed by atoms with Gasteiger partial charge in [0.25, 0.3) is 0 Å². The first-order chi connectivity index (χ1) is 9.52. The Morgan fingerprint density at radius 2 is 2.05 bits per heavy atom. The van der Waals surface area contributed by atoms with Crippen molar-refractivity contribution in [2.24, 2.45) is 0 Å². The SMILES string of the molecule is Cc1cccc(OC[C@H](O)C[NH+]2C[C@@H](C)O[C@H](C)C2)c1. The molecule has 0 aliphatic carbocycles. The predicted octanol–water partition coefficient (Wildman–Crippen LogP) is 0.427. The number of morpholine rings is 1. The summed E-state index contributed by atoms with van der Waals surface area (Å²) in [4.78, 5) is 1.39. The van der Waals surface area contributed by atoms with E-state index in [1.807, 2.05) is 31.2 Å². The van der Waals surface area contributed by atoms with Crippen LogP contribution >= 0.6 is 0 Å². The molecule has 1 saturated heterocycles. The lowest BCUT2D eigenvalue weighted by Gasteiger charge is -2.33. The first kappa shape index (κ1) is 15.3. The van der Waals surface area contributed by atoms with Gasteiger partial charge in [0.15, 0.2) is 0 Å². The van der Waals surface area contributed by atoms with Gasteiger partial charge in [-0.2, -0.15) is 0 Å². The van der Waals surface area contributed by atoms with Crippen LogP contribution in [0, 0.1) is 6.92 Å². The Kier molecular flexibility index (Phi) is 5.40. The summed E-state index contributed by atoms with van der Waals surface area (Å²) in [7, 11) is 0. The second-order valence-corrected chi connectivity index (χ2v) is 5.90. The van der Waals surface area contributed by atoms with Gasteiger partial charge in [-0.15, -0.1) is 0 Å². The monoisotopic (exact) mass is 280 g/mol. The third kappa shape index (κ3) is 4.78. The van der Waals surface area contributed by atoms with Gasteiger partial charge in [0, 0.05) is 0 Å². The van der Waals surface area contributed by atoms with Crippen molar-refractivity contribution in [1.29, 1.82) is 0 Å². The molecule has 0 bridgehead atoms. The molecule has 20 heavy (non-hydrogen) atoms. The second kappa shape index (κ2) is 7.07. The zero-order valence-electron chi connectivity index (χ0n) is 12.6. The fraction of sp³-hybridized carbons (Fsp3) is 0.625. The van der Waals surface area contributed by atoms with Crippen LogP contribution in [0.15, 0.2) is 24.3 Å². The van der Waals surface area contributed by atoms with Crippen LogP contribution < -0.4 is 9.64 Å². The molecule has 1 aromatic rings. The summed E-state index contributed by atoms with van der Waals surface area (Å²) in [6, 6.07) is 7.90. The zero-order valence-corrected chi connectivity index (χ0v) is 12.6. The molecule has 4 heteroatoms. The Morgan fingerprint density at radius 3 is 2.70 bits per heavy atom. The summed E-state index contributed by atoms with van der Waals surface area (Å²) < 4.78 is 11.4. The van der Waals surface area contributed by atoms with Gasteiger partial charge in [0.1, 0.15) is 50.3 Å². The molecule has 0 unspecified atom stereocenters. The molecule has 0 saturated carbocycles. The van der Waals surface area contributed by atoms with Gasteiger partial charge in [-0.25, -0.2) is 0 Å². The number of hydrogen-bond donors (Lipinski definition) is 2. The Balaban J connectivity index is 1.76. The Bertz CT molecular complexity index is 414. The number of quaternary nitrogens is 1. The number of rotatable bonds is 5. The minimum absolute atomic E-state index is 0.263. The van der Waals surface area contributed by atoms with Crippen LogP contribution in [0.2, 0.25) is 0 Å². The summed E-state index contributed by atoms with van der Waals surface area (Å²) in [5, 5.41) is 10.1. The molecule has 0 aromatic heterocycles. The standard InChI is InChI=1S/C16H25NO3/c1-12-5-4-6-16(7-12)19-11-15(18)10-17-8-13(2)20-14(3)9-17/h4-7,13-15,18H,8-11H2,1-3H3/p+1/t13-,14-,15-/m1/s1. The largest absolute Gasteiger partial charge is 0.491 e. The first-order valence-electron chi connectivity index (χ1n) is 7.39. The van der Waals surface area contributed by atoms with Gasteiger partial charge in [-0.05, 0) is 38.5 Å². The van der Waals surface area contributed by atoms with E-state index in [1.165, 1.54) is 10.5 Å². The Hall–Kier alpha value is -1.10. The number of aliphatic hydroxyl groups excluding tert-OH is 1. The van der Waals surface area contributed by atoms with E-state index in [-0.39, 0.29) is 12.2 Å². The minimum atomic E-state index is -0.442. The van der Waals surface area contributed by atoms with Gasteiger partial charge in [-0.3, -0.25) is 0 Å². The lowest BCUT2D eigenvalue weighted by molar-refractivity contribution is -0.918. The quantitative estimate of drug-likeness (QED) is 0.822. The van der Waals surface area contributed by atoms with Crippen LogP contribution in [-0.4, -0.2) is 49.7 Å². The zero-order chi connectivity index (χ0) is 14.5. The second-order valence-electron chi connectivity index (χ2n) is 5.90. The highest BCUT2D eigenvalue weighted by Gasteiger charge is 2.27. The van der Waals surface area contributed by atoms with Crippen LogP contribution in [-0.2, 0) is 4.74 Å². The van der Waals surface area contributed by atoms with Crippen LogP contribution in [0.4, 0.5) is 0 Å². The lowest BCUT2D eigenvalue weighted by atomic mass is 10.2. The van der Waals surface area contributed by atoms with Crippen molar-refractivity contribution in [2.45, 2.75) is 39.1 Å². The van der Waals surface area contributed by atoms with E-state index < -0.39 is 6.10 Å². The van der Waals surface area contributed by atoms with Crippen LogP contribution in [0.3, 0.4) is 0 Å². The van der Waals surface area contributed by atoms with E-state index in [0.29, 0.717) is 13.2 Å². The van der Waals surface area contributed by atoms with Crippen molar-refractivity contribution in [2.75, 3.05) is 26.2 Å². The van der Waals surface area contributed by atoms with Gasteiger partial charge in [0.2, 0.25) is 0 Å². The smallest absolute Gasteiger partial charge is 0.137 e. The summed E-state index contributed by atoms with van der Waals surface area (Å²) in [5.41, 5.74) is 1.17. The van der Waals surface area contributed by atoms with Gasteiger partial charge in [0.05, 0.1) is 0 Å². The minimum Gasteiger partial charge on any atom is -0.491 e. The van der Waals surface area contributed by atoms with Crippen molar-refractivity contribution in [3.05, 3.63) is 29.8 Å². The third-order valence-corrected chi connectivity index (χ3v) is 3.57. The average Bonchev–Trinajstić information content (AvgIpc) is 2.35. The maximum Gasteiger partial charge on any atom is 0.137 e. The van der Waals surface area contributed by atoms with E-state index in [1.54, 1.807) is 0 Å². The molecule has 2 rings (SSSR count). The molecular formula is C16H26NO3+. The molecule has 3 atom stereocenters. The topological polar surface area (TPSA) is 43.1 Å². The summed E-state index contributed by atoms with van der Waals surface area (Å²) in [6.07, 6.45) is 0.0836. The molecule has 1 aromatic carbocycles. The molecule has 1 heterocycles. The molecule has 0 spiro atoms. The van der Waals surface area contributed by atoms with E-state index in [4.69, 9.17) is 9.47 Å². The molecule has 2 N–H and O–H groups in total. The first-order valence-corrected chi connectivity index (χ1v) is 7.39. The highest BCUT2D eigenvalue weighted by atomic mass is 16.5. The molecule has 1 aliphatic rings. The van der Waals surface area contributed by atoms with Crippen molar-refractivity contribution >= 4 is 0 Å². The lowest BCUT2D eigenvalue weighted by Crippen LogP contribution is -3.16. The van der Waals surface area contributed by atoms with Gasteiger partial charge < -0.3 is 19.5 Å². The van der Waals surface area contributed by atoms with Crippen molar-refractivity contribution in [1.82, 2.24) is 0 Å². The van der Waals surface area contributed by atoms with Crippen LogP contribution in [0.1, 0.15) is 19.4 Å². The van der Waals surface area contributed by atoms with Crippen molar-refractivity contribution in [3.63, 3.8) is 0 Å². The maximum atomic E-state index is 10.1. The third-order valence-electron chi connectivity index (χ3n) is 3.57. The number of aryl methyl sites for hydroxylation is 1. The average molecular weight is 280 g/mol. The van der Waals surface area contributed by atoms with Gasteiger partial charge in [-0.1, -0.05) is 12.1 Å². The van der Waals surface area contributed by atoms with Crippen LogP contribution in [0.5, 0.6) is 5.75 Å². The number of hydrogen-bond acceptors (Lipinski definition) is 3. The molecule has 0 radical (unpaired) electrons. The maximum absolute atomic E-state index is 10.1. The van der Waals surface area contributed by atoms with E-state index in [9.17, 15) is 5.11 Å². The normalized spacial score (nSPS) is 28.1. The molecule has 0 amide bonds.